The molecule has 0 bridgehead atoms. The largest absolute Gasteiger partial charge is 0.331 e. The molecule has 5 heteroatoms. The standard InChI is InChI=1S/C16H26N2O3/c1-4-12(11-8-6-5-7-9-11)18-15(20)13(10(2)3)14(19)17-16(18)21/h10-13H,4-9H2,1-3H3,(H,17,19,21). The van der Waals surface area contributed by atoms with E-state index >= 15 is 0 Å². The molecule has 0 spiro atoms. The maximum atomic E-state index is 12.7. The Bertz CT molecular complexity index is 427. The molecule has 1 N–H and O–H groups in total. The number of urea groups is 1. The number of hydrogen-bond acceptors (Lipinski definition) is 3. The molecule has 1 aliphatic heterocycles. The van der Waals surface area contributed by atoms with Crippen LogP contribution in [0, 0.1) is 17.8 Å². The van der Waals surface area contributed by atoms with Gasteiger partial charge in [-0.05, 0) is 31.1 Å². The monoisotopic (exact) mass is 294 g/mol. The van der Waals surface area contributed by atoms with Crippen LogP contribution in [-0.2, 0) is 9.59 Å². The number of carbonyl (C=O) groups is 3. The minimum absolute atomic E-state index is 0.0767. The molecule has 1 aliphatic carbocycles. The Balaban J connectivity index is 2.23. The molecule has 2 fully saturated rings. The summed E-state index contributed by atoms with van der Waals surface area (Å²) in [5, 5.41) is 2.37. The molecule has 0 aromatic heterocycles. The number of nitrogens with zero attached hydrogens (tertiary/aromatic N) is 1. The Morgan fingerprint density at radius 3 is 2.29 bits per heavy atom. The summed E-state index contributed by atoms with van der Waals surface area (Å²) in [6, 6.07) is -0.605. The molecule has 2 aliphatic rings. The lowest BCUT2D eigenvalue weighted by molar-refractivity contribution is -0.147. The maximum Gasteiger partial charge on any atom is 0.331 e. The first-order valence-electron chi connectivity index (χ1n) is 8.15. The first-order chi connectivity index (χ1) is 9.97. The van der Waals surface area contributed by atoms with Crippen LogP contribution >= 0.6 is 0 Å². The van der Waals surface area contributed by atoms with Crippen LogP contribution in [0.4, 0.5) is 4.79 Å². The van der Waals surface area contributed by atoms with E-state index in [0.717, 1.165) is 32.1 Å². The number of nitrogens with one attached hydrogen (secondary N) is 1. The Kier molecular flexibility index (Phi) is 5.01. The van der Waals surface area contributed by atoms with Gasteiger partial charge in [0.25, 0.3) is 0 Å². The zero-order valence-electron chi connectivity index (χ0n) is 13.2. The molecular weight excluding hydrogens is 268 g/mol. The van der Waals surface area contributed by atoms with Gasteiger partial charge in [-0.2, -0.15) is 0 Å². The summed E-state index contributed by atoms with van der Waals surface area (Å²) in [4.78, 5) is 38.1. The maximum absolute atomic E-state index is 12.7. The zero-order valence-corrected chi connectivity index (χ0v) is 13.2. The van der Waals surface area contributed by atoms with Crippen LogP contribution < -0.4 is 5.32 Å². The van der Waals surface area contributed by atoms with Gasteiger partial charge in [-0.3, -0.25) is 19.8 Å². The van der Waals surface area contributed by atoms with Crippen molar-refractivity contribution in [1.29, 1.82) is 0 Å². The highest BCUT2D eigenvalue weighted by Crippen LogP contribution is 2.33. The molecule has 1 saturated heterocycles. The summed E-state index contributed by atoms with van der Waals surface area (Å²) < 4.78 is 0. The number of rotatable bonds is 4. The van der Waals surface area contributed by atoms with Crippen LogP contribution in [0.5, 0.6) is 0 Å². The average molecular weight is 294 g/mol. The van der Waals surface area contributed by atoms with E-state index in [1.807, 2.05) is 20.8 Å². The van der Waals surface area contributed by atoms with Crippen molar-refractivity contribution in [1.82, 2.24) is 10.2 Å². The highest BCUT2D eigenvalue weighted by molar-refractivity contribution is 6.16. The molecule has 1 heterocycles. The predicted octanol–water partition coefficient (Wildman–Crippen LogP) is 2.70. The topological polar surface area (TPSA) is 66.5 Å². The molecule has 2 atom stereocenters. The normalized spacial score (nSPS) is 26.2. The van der Waals surface area contributed by atoms with Gasteiger partial charge in [-0.1, -0.05) is 40.0 Å². The van der Waals surface area contributed by atoms with Crippen LogP contribution in [0.15, 0.2) is 0 Å². The van der Waals surface area contributed by atoms with Crippen LogP contribution in [0.25, 0.3) is 0 Å². The van der Waals surface area contributed by atoms with Crippen LogP contribution in [0.1, 0.15) is 59.3 Å². The van der Waals surface area contributed by atoms with E-state index in [1.165, 1.54) is 11.3 Å². The second-order valence-electron chi connectivity index (χ2n) is 6.60. The van der Waals surface area contributed by atoms with Gasteiger partial charge in [-0.15, -0.1) is 0 Å². The molecule has 5 nitrogen and oxygen atoms in total. The third-order valence-electron chi connectivity index (χ3n) is 4.85. The van der Waals surface area contributed by atoms with Crippen molar-refractivity contribution in [2.75, 3.05) is 0 Å². The van der Waals surface area contributed by atoms with Crippen molar-refractivity contribution >= 4 is 17.8 Å². The highest BCUT2D eigenvalue weighted by atomic mass is 16.2. The quantitative estimate of drug-likeness (QED) is 0.811. The average Bonchev–Trinajstić information content (AvgIpc) is 2.43. The summed E-state index contributed by atoms with van der Waals surface area (Å²) in [5.41, 5.74) is 0. The molecular formula is C16H26N2O3. The van der Waals surface area contributed by atoms with Gasteiger partial charge < -0.3 is 0 Å². The first kappa shape index (κ1) is 16.0. The van der Waals surface area contributed by atoms with Gasteiger partial charge in [-0.25, -0.2) is 4.79 Å². The molecule has 2 rings (SSSR count). The Morgan fingerprint density at radius 2 is 1.76 bits per heavy atom. The van der Waals surface area contributed by atoms with Gasteiger partial charge in [0.05, 0.1) is 0 Å². The van der Waals surface area contributed by atoms with E-state index in [1.54, 1.807) is 0 Å². The lowest BCUT2D eigenvalue weighted by atomic mass is 9.81. The second-order valence-corrected chi connectivity index (χ2v) is 6.60. The first-order valence-corrected chi connectivity index (χ1v) is 8.15. The van der Waals surface area contributed by atoms with E-state index in [4.69, 9.17) is 0 Å². The molecule has 0 aromatic rings. The van der Waals surface area contributed by atoms with Crippen LogP contribution in [0.3, 0.4) is 0 Å². The Labute approximate surface area is 126 Å². The smallest absolute Gasteiger partial charge is 0.277 e. The van der Waals surface area contributed by atoms with E-state index in [-0.39, 0.29) is 17.9 Å². The van der Waals surface area contributed by atoms with Crippen molar-refractivity contribution in [3.05, 3.63) is 0 Å². The third kappa shape index (κ3) is 3.11. The summed E-state index contributed by atoms with van der Waals surface area (Å²) in [6.07, 6.45) is 6.45. The van der Waals surface area contributed by atoms with Gasteiger partial charge >= 0.3 is 6.03 Å². The van der Waals surface area contributed by atoms with Gasteiger partial charge in [0.2, 0.25) is 11.8 Å². The molecule has 118 valence electrons. The third-order valence-corrected chi connectivity index (χ3v) is 4.85. The van der Waals surface area contributed by atoms with Crippen molar-refractivity contribution < 1.29 is 14.4 Å². The van der Waals surface area contributed by atoms with Crippen LogP contribution in [0.2, 0.25) is 0 Å². The molecule has 4 amide bonds. The van der Waals surface area contributed by atoms with E-state index < -0.39 is 17.9 Å². The van der Waals surface area contributed by atoms with Crippen molar-refractivity contribution in [3.8, 4) is 0 Å². The minimum Gasteiger partial charge on any atom is -0.277 e. The number of carbonyl (C=O) groups excluding carboxylic acids is 3. The number of amides is 4. The Morgan fingerprint density at radius 1 is 1.14 bits per heavy atom. The summed E-state index contributed by atoms with van der Waals surface area (Å²) in [5.74, 6) is -1.22. The molecule has 2 unspecified atom stereocenters. The summed E-state index contributed by atoms with van der Waals surface area (Å²) >= 11 is 0. The van der Waals surface area contributed by atoms with Crippen LogP contribution in [-0.4, -0.2) is 28.8 Å². The number of imide groups is 2. The highest BCUT2D eigenvalue weighted by Gasteiger charge is 2.46. The summed E-state index contributed by atoms with van der Waals surface area (Å²) in [7, 11) is 0. The SMILES string of the molecule is CCC(C1CCCCC1)N1C(=O)NC(=O)C(C(C)C)C1=O. The Hall–Kier alpha value is -1.39. The summed E-state index contributed by atoms with van der Waals surface area (Å²) in [6.45, 7) is 5.70. The predicted molar refractivity (Wildman–Crippen MR) is 79.4 cm³/mol. The molecule has 1 saturated carbocycles. The second kappa shape index (κ2) is 6.58. The fraction of sp³-hybridized carbons (Fsp3) is 0.812. The molecule has 21 heavy (non-hydrogen) atoms. The van der Waals surface area contributed by atoms with Gasteiger partial charge in [0.15, 0.2) is 0 Å². The van der Waals surface area contributed by atoms with E-state index in [2.05, 4.69) is 5.32 Å². The number of hydrogen-bond donors (Lipinski definition) is 1. The van der Waals surface area contributed by atoms with Crippen molar-refractivity contribution in [2.24, 2.45) is 17.8 Å². The van der Waals surface area contributed by atoms with Crippen molar-refractivity contribution in [3.63, 3.8) is 0 Å². The molecule has 0 aromatic carbocycles. The molecule has 0 radical (unpaired) electrons. The van der Waals surface area contributed by atoms with Crippen molar-refractivity contribution in [2.45, 2.75) is 65.3 Å². The lowest BCUT2D eigenvalue weighted by Gasteiger charge is -2.41. The number of barbiturate groups is 1. The zero-order chi connectivity index (χ0) is 15.6. The van der Waals surface area contributed by atoms with E-state index in [9.17, 15) is 14.4 Å². The lowest BCUT2D eigenvalue weighted by Crippen LogP contribution is -2.63. The van der Waals surface area contributed by atoms with E-state index in [0.29, 0.717) is 5.92 Å². The van der Waals surface area contributed by atoms with Gasteiger partial charge in [0.1, 0.15) is 5.92 Å². The fourth-order valence-electron chi connectivity index (χ4n) is 3.75. The minimum atomic E-state index is -0.736. The van der Waals surface area contributed by atoms with Gasteiger partial charge in [0, 0.05) is 6.04 Å². The fourth-order valence-corrected chi connectivity index (χ4v) is 3.75.